The van der Waals surface area contributed by atoms with E-state index in [1.165, 1.54) is 11.4 Å². The number of sulfonamides is 1. The lowest BCUT2D eigenvalue weighted by Gasteiger charge is -2.45. The quantitative estimate of drug-likeness (QED) is 0.147. The lowest BCUT2D eigenvalue weighted by Crippen LogP contribution is -2.58. The highest BCUT2D eigenvalue weighted by molar-refractivity contribution is 7.89. The number of hydrogen-bond donors (Lipinski definition) is 5. The number of esters is 1. The molecule has 16 nitrogen and oxygen atoms in total. The summed E-state index contributed by atoms with van der Waals surface area (Å²) in [4.78, 5) is 25.1. The van der Waals surface area contributed by atoms with E-state index in [2.05, 4.69) is 0 Å². The van der Waals surface area contributed by atoms with Crippen LogP contribution in [0.15, 0.2) is 29.2 Å². The van der Waals surface area contributed by atoms with Gasteiger partial charge < -0.3 is 39.7 Å². The number of ether oxygens (including phenoxy) is 3. The molecule has 42 heavy (non-hydrogen) atoms. The van der Waals surface area contributed by atoms with Gasteiger partial charge in [-0.1, -0.05) is 0 Å². The van der Waals surface area contributed by atoms with E-state index >= 15 is 0 Å². The zero-order chi connectivity index (χ0) is 30.5. The van der Waals surface area contributed by atoms with Gasteiger partial charge in [-0.2, -0.15) is 4.31 Å². The van der Waals surface area contributed by atoms with E-state index in [1.54, 1.807) is 4.90 Å². The number of phenols is 2. The van der Waals surface area contributed by atoms with E-state index in [1.807, 2.05) is 0 Å². The SMILES string of the molecule is COc1c(O)c(CN2CCN(S(=O)(=O)c3ccc([N+](=O)[O-])cc3)CC2)c2c(c1O)C1O[C@H](CO)[C@@H](O)[C@H](O)C1OC2=O. The number of carbonyl (C=O) groups is 1. The van der Waals surface area contributed by atoms with Crippen LogP contribution in [-0.4, -0.2) is 118 Å². The molecule has 2 aromatic carbocycles. The molecule has 0 aromatic heterocycles. The van der Waals surface area contributed by atoms with E-state index < -0.39 is 69.5 Å². The van der Waals surface area contributed by atoms with Crippen molar-refractivity contribution in [3.8, 4) is 17.2 Å². The minimum absolute atomic E-state index is 0.000429. The number of benzene rings is 2. The number of nitro benzene ring substituents is 1. The highest BCUT2D eigenvalue weighted by Gasteiger charge is 2.53. The number of methoxy groups -OCH3 is 1. The Labute approximate surface area is 239 Å². The molecule has 0 radical (unpaired) electrons. The van der Waals surface area contributed by atoms with Gasteiger partial charge in [0.05, 0.1) is 29.1 Å². The number of phenolic OH excluding ortho intramolecular Hbond substituents is 2. The van der Waals surface area contributed by atoms with Crippen LogP contribution < -0.4 is 4.74 Å². The zero-order valence-electron chi connectivity index (χ0n) is 22.2. The third-order valence-electron chi connectivity index (χ3n) is 7.74. The van der Waals surface area contributed by atoms with Crippen molar-refractivity contribution in [1.82, 2.24) is 9.21 Å². The molecule has 228 valence electrons. The molecular weight excluding hydrogens is 582 g/mol. The summed E-state index contributed by atoms with van der Waals surface area (Å²) in [6.07, 6.45) is -7.23. The maximum absolute atomic E-state index is 13.2. The van der Waals surface area contributed by atoms with Gasteiger partial charge in [0.1, 0.15) is 24.4 Å². The Hall–Kier alpha value is -3.58. The molecule has 2 unspecified atom stereocenters. The molecule has 0 saturated carbocycles. The van der Waals surface area contributed by atoms with Gasteiger partial charge in [-0.05, 0) is 12.1 Å². The Morgan fingerprint density at radius 3 is 2.29 bits per heavy atom. The minimum atomic E-state index is -3.95. The summed E-state index contributed by atoms with van der Waals surface area (Å²) in [5.41, 5.74) is -0.634. The van der Waals surface area contributed by atoms with E-state index in [4.69, 9.17) is 14.2 Å². The fourth-order valence-corrected chi connectivity index (χ4v) is 6.93. The standard InChI is InChI=1S/C25H29N3O13S/c1-39-23-18(30)14(16-17(20(23)32)22-24(41-25(16)34)21(33)19(31)15(11-29)40-22)10-26-6-8-27(9-7-26)42(37,38)13-4-2-12(3-5-13)28(35)36/h2-5,15,19,21-22,24,29-33H,6-11H2,1H3/t15-,19-,21+,22?,24?/m1/s1. The Bertz CT molecular complexity index is 1490. The first-order chi connectivity index (χ1) is 19.9. The van der Waals surface area contributed by atoms with Gasteiger partial charge in [-0.15, -0.1) is 0 Å². The molecule has 3 aliphatic rings. The maximum Gasteiger partial charge on any atom is 0.339 e. The Morgan fingerprint density at radius 2 is 1.71 bits per heavy atom. The minimum Gasteiger partial charge on any atom is -0.504 e. The van der Waals surface area contributed by atoms with Gasteiger partial charge in [0.15, 0.2) is 17.6 Å². The highest BCUT2D eigenvalue weighted by Crippen LogP contribution is 2.52. The Kier molecular flexibility index (Phi) is 8.01. The van der Waals surface area contributed by atoms with Gasteiger partial charge in [0, 0.05) is 56.0 Å². The van der Waals surface area contributed by atoms with Crippen molar-refractivity contribution in [2.45, 2.75) is 42.0 Å². The topological polar surface area (TPSA) is 230 Å². The molecule has 5 atom stereocenters. The first kappa shape index (κ1) is 29.9. The fourth-order valence-electron chi connectivity index (χ4n) is 5.51. The van der Waals surface area contributed by atoms with Gasteiger partial charge in [-0.3, -0.25) is 15.0 Å². The molecule has 2 fully saturated rings. The lowest BCUT2D eigenvalue weighted by molar-refractivity contribution is -0.384. The maximum atomic E-state index is 13.2. The van der Waals surface area contributed by atoms with Gasteiger partial charge >= 0.3 is 5.97 Å². The van der Waals surface area contributed by atoms with Gasteiger partial charge in [-0.25, -0.2) is 13.2 Å². The largest absolute Gasteiger partial charge is 0.504 e. The van der Waals surface area contributed by atoms with Crippen LogP contribution in [0.25, 0.3) is 0 Å². The molecule has 17 heteroatoms. The van der Waals surface area contributed by atoms with E-state index in [0.717, 1.165) is 24.3 Å². The first-order valence-electron chi connectivity index (χ1n) is 12.9. The van der Waals surface area contributed by atoms with Gasteiger partial charge in [0.2, 0.25) is 15.8 Å². The number of carbonyl (C=O) groups excluding carboxylic acids is 1. The van der Waals surface area contributed by atoms with Crippen LogP contribution >= 0.6 is 0 Å². The van der Waals surface area contributed by atoms with E-state index in [9.17, 15) is 48.9 Å². The third-order valence-corrected chi connectivity index (χ3v) is 9.66. The van der Waals surface area contributed by atoms with E-state index in [-0.39, 0.29) is 65.7 Å². The Morgan fingerprint density at radius 1 is 1.07 bits per heavy atom. The summed E-state index contributed by atoms with van der Waals surface area (Å²) in [5.74, 6) is -2.58. The normalized spacial score (nSPS) is 26.7. The third kappa shape index (κ3) is 4.91. The van der Waals surface area contributed by atoms with E-state index in [0.29, 0.717) is 0 Å². The summed E-state index contributed by atoms with van der Waals surface area (Å²) < 4.78 is 43.7. The average Bonchev–Trinajstić information content (AvgIpc) is 2.97. The van der Waals surface area contributed by atoms with Gasteiger partial charge in [0.25, 0.3) is 5.69 Å². The number of nitro groups is 1. The molecule has 0 aliphatic carbocycles. The number of non-ortho nitro benzene ring substituents is 1. The van der Waals surface area contributed by atoms with Crippen molar-refractivity contribution in [2.24, 2.45) is 0 Å². The van der Waals surface area contributed by atoms with Crippen LogP contribution in [-0.2, 0) is 26.0 Å². The summed E-state index contributed by atoms with van der Waals surface area (Å²) in [5, 5.41) is 63.3. The fraction of sp³-hybridized carbons (Fsp3) is 0.480. The molecule has 2 aromatic rings. The molecule has 5 N–H and O–H groups in total. The highest BCUT2D eigenvalue weighted by atomic mass is 32.2. The second kappa shape index (κ2) is 11.3. The van der Waals surface area contributed by atoms with Crippen molar-refractivity contribution in [3.63, 3.8) is 0 Å². The number of aliphatic hydroxyl groups excluding tert-OH is 3. The molecule has 3 aliphatic heterocycles. The van der Waals surface area contributed by atoms with Crippen molar-refractivity contribution >= 4 is 21.7 Å². The molecule has 5 rings (SSSR count). The van der Waals surface area contributed by atoms with Crippen LogP contribution in [0.1, 0.15) is 27.6 Å². The van der Waals surface area contributed by atoms with Crippen LogP contribution in [0, 0.1) is 10.1 Å². The number of aromatic hydroxyl groups is 2. The number of rotatable bonds is 7. The first-order valence-corrected chi connectivity index (χ1v) is 14.3. The summed E-state index contributed by atoms with van der Waals surface area (Å²) in [6.45, 7) is -0.397. The summed E-state index contributed by atoms with van der Waals surface area (Å²) in [6, 6.07) is 4.54. The van der Waals surface area contributed by atoms with Crippen LogP contribution in [0.4, 0.5) is 5.69 Å². The average molecular weight is 612 g/mol. The monoisotopic (exact) mass is 611 g/mol. The zero-order valence-corrected chi connectivity index (χ0v) is 23.0. The number of hydrogen-bond acceptors (Lipinski definition) is 14. The second-order valence-electron chi connectivity index (χ2n) is 10.1. The number of piperazine rings is 1. The molecule has 2 saturated heterocycles. The second-order valence-corrected chi connectivity index (χ2v) is 12.0. The summed E-state index contributed by atoms with van der Waals surface area (Å²) in [7, 11) is -2.77. The predicted octanol–water partition coefficient (Wildman–Crippen LogP) is -0.786. The molecule has 0 spiro atoms. The molecule has 0 bridgehead atoms. The predicted molar refractivity (Wildman–Crippen MR) is 139 cm³/mol. The smallest absolute Gasteiger partial charge is 0.339 e. The lowest BCUT2D eigenvalue weighted by atomic mass is 9.84. The number of fused-ring (bicyclic) bond motifs is 3. The number of nitrogens with zero attached hydrogens (tertiary/aromatic N) is 3. The van der Waals surface area contributed by atoms with Crippen molar-refractivity contribution in [3.05, 3.63) is 51.1 Å². The van der Waals surface area contributed by atoms with Crippen LogP contribution in [0.5, 0.6) is 17.2 Å². The molecule has 3 heterocycles. The number of aliphatic hydroxyl groups is 3. The van der Waals surface area contributed by atoms with Crippen molar-refractivity contribution < 1.29 is 57.9 Å². The Balaban J connectivity index is 1.42. The van der Waals surface area contributed by atoms with Crippen molar-refractivity contribution in [1.29, 1.82) is 0 Å². The van der Waals surface area contributed by atoms with Crippen LogP contribution in [0.2, 0.25) is 0 Å². The molecular formula is C25H29N3O13S. The van der Waals surface area contributed by atoms with Crippen molar-refractivity contribution in [2.75, 3.05) is 39.9 Å². The van der Waals surface area contributed by atoms with Crippen LogP contribution in [0.3, 0.4) is 0 Å². The molecule has 0 amide bonds. The summed E-state index contributed by atoms with van der Waals surface area (Å²) >= 11 is 0.